The number of carbonyl (C=O) groups excluding carboxylic acids is 3. The molecule has 0 spiro atoms. The Bertz CT molecular complexity index is 1610. The van der Waals surface area contributed by atoms with Gasteiger partial charge in [-0.15, -0.1) is 12.4 Å². The number of aromatic hydroxyl groups is 3. The van der Waals surface area contributed by atoms with Crippen LogP contribution in [0.25, 0.3) is 0 Å². The summed E-state index contributed by atoms with van der Waals surface area (Å²) in [5.74, 6) is -3.53. The van der Waals surface area contributed by atoms with Gasteiger partial charge in [-0.25, -0.2) is 10.2 Å². The number of fused-ring (bicyclic) bond motifs is 3. The Labute approximate surface area is 270 Å². The van der Waals surface area contributed by atoms with E-state index in [-0.39, 0.29) is 53.2 Å². The van der Waals surface area contributed by atoms with Crippen LogP contribution >= 0.6 is 12.4 Å². The number of aliphatic hydroxyl groups is 2. The minimum Gasteiger partial charge on any atom is -0.507 e. The summed E-state index contributed by atoms with van der Waals surface area (Å²) >= 11 is 0. The first-order valence-corrected chi connectivity index (χ1v) is 14.5. The van der Waals surface area contributed by atoms with Crippen molar-refractivity contribution in [1.29, 1.82) is 0 Å². The number of nitrogens with zero attached hydrogens (tertiary/aromatic N) is 1. The Kier molecular flexibility index (Phi) is 9.48. The summed E-state index contributed by atoms with van der Waals surface area (Å²) in [6, 6.07) is 3.18. The van der Waals surface area contributed by atoms with Crippen LogP contribution in [0.2, 0.25) is 0 Å². The molecular formula is C31H38ClN3O11. The first kappa shape index (κ1) is 35.1. The van der Waals surface area contributed by atoms with Crippen molar-refractivity contribution in [3.8, 4) is 17.2 Å². The van der Waals surface area contributed by atoms with E-state index in [1.165, 1.54) is 25.1 Å². The molecule has 6 unspecified atom stereocenters. The maximum atomic E-state index is 13.6. The van der Waals surface area contributed by atoms with Crippen molar-refractivity contribution in [3.63, 3.8) is 0 Å². The molecule has 1 aliphatic heterocycles. The summed E-state index contributed by atoms with van der Waals surface area (Å²) in [6.45, 7) is 8.01. The first-order valence-electron chi connectivity index (χ1n) is 14.5. The van der Waals surface area contributed by atoms with Gasteiger partial charge < -0.3 is 45.5 Å². The van der Waals surface area contributed by atoms with Crippen LogP contribution in [0.3, 0.4) is 0 Å². The van der Waals surface area contributed by atoms with Crippen LogP contribution in [0.5, 0.6) is 17.2 Å². The summed E-state index contributed by atoms with van der Waals surface area (Å²) in [5.41, 5.74) is 3.85. The smallest absolute Gasteiger partial charge is 0.428 e. The summed E-state index contributed by atoms with van der Waals surface area (Å²) in [5, 5.41) is 59.8. The van der Waals surface area contributed by atoms with Crippen LogP contribution in [-0.4, -0.2) is 84.6 Å². The van der Waals surface area contributed by atoms with Crippen LogP contribution in [-0.2, 0) is 20.6 Å². The van der Waals surface area contributed by atoms with E-state index in [0.29, 0.717) is 0 Å². The molecular weight excluding hydrogens is 626 g/mol. The number of phenolic OH excluding ortho intramolecular Hbond substituents is 3. The van der Waals surface area contributed by atoms with Crippen LogP contribution in [0, 0.1) is 0 Å². The number of phenols is 3. The number of nitrogens with one attached hydrogen (secondary N) is 1. The fourth-order valence-electron chi connectivity index (χ4n) is 6.04. The number of amides is 1. The molecule has 14 nitrogen and oxygen atoms in total. The van der Waals surface area contributed by atoms with E-state index in [1.54, 1.807) is 27.7 Å². The summed E-state index contributed by atoms with van der Waals surface area (Å²) in [7, 11) is 0. The third-order valence-electron chi connectivity index (χ3n) is 8.33. The van der Waals surface area contributed by atoms with Crippen LogP contribution in [0.1, 0.15) is 96.5 Å². The summed E-state index contributed by atoms with van der Waals surface area (Å²) in [6.07, 6.45) is -5.61. The molecule has 46 heavy (non-hydrogen) atoms. The second-order valence-electron chi connectivity index (χ2n) is 12.7. The van der Waals surface area contributed by atoms with Gasteiger partial charge in [-0.05, 0) is 40.7 Å². The maximum Gasteiger partial charge on any atom is 0.428 e. The fourth-order valence-corrected chi connectivity index (χ4v) is 6.04. The lowest BCUT2D eigenvalue weighted by molar-refractivity contribution is -0.245. The molecule has 1 amide bonds. The Hall–Kier alpha value is -3.79. The van der Waals surface area contributed by atoms with Crippen LogP contribution in [0.4, 0.5) is 4.79 Å². The molecule has 8 N–H and O–H groups in total. The van der Waals surface area contributed by atoms with Gasteiger partial charge in [-0.3, -0.25) is 9.59 Å². The molecule has 2 aromatic carbocycles. The summed E-state index contributed by atoms with van der Waals surface area (Å²) in [4.78, 5) is 39.5. The van der Waals surface area contributed by atoms with Crippen molar-refractivity contribution in [1.82, 2.24) is 5.43 Å². The predicted molar refractivity (Wildman–Crippen MR) is 165 cm³/mol. The summed E-state index contributed by atoms with van der Waals surface area (Å²) < 4.78 is 17.2. The van der Waals surface area contributed by atoms with Crippen molar-refractivity contribution >= 4 is 35.8 Å². The Morgan fingerprint density at radius 2 is 1.76 bits per heavy atom. The molecule has 0 bridgehead atoms. The van der Waals surface area contributed by atoms with Gasteiger partial charge in [-0.2, -0.15) is 5.10 Å². The number of carbonyl (C=O) groups is 3. The molecule has 0 aromatic heterocycles. The number of ether oxygens (including phenoxy) is 3. The highest BCUT2D eigenvalue weighted by Gasteiger charge is 2.49. The van der Waals surface area contributed by atoms with Gasteiger partial charge in [-0.1, -0.05) is 12.1 Å². The lowest BCUT2D eigenvalue weighted by Gasteiger charge is -2.42. The van der Waals surface area contributed by atoms with Crippen molar-refractivity contribution in [3.05, 3.63) is 51.6 Å². The number of benzene rings is 2. The number of hydrogen-bond acceptors (Lipinski definition) is 13. The number of rotatable bonds is 4. The van der Waals surface area contributed by atoms with Crippen molar-refractivity contribution < 1.29 is 54.1 Å². The Morgan fingerprint density at radius 1 is 1.11 bits per heavy atom. The van der Waals surface area contributed by atoms with Crippen LogP contribution < -0.4 is 11.2 Å². The van der Waals surface area contributed by atoms with Gasteiger partial charge in [0.2, 0.25) is 5.78 Å². The van der Waals surface area contributed by atoms with Crippen molar-refractivity contribution in [2.75, 3.05) is 0 Å². The fraction of sp³-hybridized carbons (Fsp3) is 0.484. The molecule has 15 heteroatoms. The third-order valence-corrected chi connectivity index (χ3v) is 8.33. The molecule has 6 atom stereocenters. The minimum atomic E-state index is -1.93. The van der Waals surface area contributed by atoms with Crippen LogP contribution in [0.15, 0.2) is 23.3 Å². The van der Waals surface area contributed by atoms with E-state index in [9.17, 15) is 39.9 Å². The standard InChI is InChI=1S/C31H37N3O11.ClH/c1-12-24(36)16(32)9-19(43-12)44-18-11-31(42,13(2)33-34-29(41)45-30(3,4)5)10-15-21(18)28(40)23-22(26(15)38)25(37)14-7-6-8-17(35)20(14)27(23)39;/h6-8,12,16,18-19,24,35-36,38,40,42H,9-11,32H2,1-5H3,(H,34,41);1H/b33-13+;. The number of nitrogens with two attached hydrogens (primary N) is 1. The zero-order valence-corrected chi connectivity index (χ0v) is 26.7. The van der Waals surface area contributed by atoms with Gasteiger partial charge >= 0.3 is 6.09 Å². The maximum absolute atomic E-state index is 13.6. The SMILES string of the molecule is C/C(=N\NC(=O)OC(C)(C)C)C1(O)Cc2c(O)c3c(c(O)c2C(OC2CC(N)C(O)C(C)O2)C1)C(=O)c1c(O)cccc1C3=O.Cl. The largest absolute Gasteiger partial charge is 0.507 e. The molecule has 2 aliphatic carbocycles. The monoisotopic (exact) mass is 663 g/mol. The average molecular weight is 664 g/mol. The molecule has 2 aromatic rings. The predicted octanol–water partition coefficient (Wildman–Crippen LogP) is 2.46. The van der Waals surface area contributed by atoms with Gasteiger partial charge in [0.1, 0.15) is 28.5 Å². The number of hydrazone groups is 1. The van der Waals surface area contributed by atoms with E-state index in [2.05, 4.69) is 10.5 Å². The topological polar surface area (TPSA) is 230 Å². The average Bonchev–Trinajstić information content (AvgIpc) is 2.93. The zero-order valence-electron chi connectivity index (χ0n) is 25.9. The number of ketones is 2. The zero-order chi connectivity index (χ0) is 33.2. The van der Waals surface area contributed by atoms with Gasteiger partial charge in [0.25, 0.3) is 0 Å². The number of halogens is 1. The van der Waals surface area contributed by atoms with Gasteiger partial charge in [0, 0.05) is 42.0 Å². The van der Waals surface area contributed by atoms with Crippen molar-refractivity contribution in [2.24, 2.45) is 10.8 Å². The normalized spacial score (nSPS) is 27.6. The quantitative estimate of drug-likeness (QED) is 0.121. The van der Waals surface area contributed by atoms with Crippen molar-refractivity contribution in [2.45, 2.75) is 95.7 Å². The molecule has 3 aliphatic rings. The molecule has 1 heterocycles. The molecule has 5 rings (SSSR count). The van der Waals surface area contributed by atoms with E-state index < -0.39 is 94.3 Å². The van der Waals surface area contributed by atoms with Gasteiger partial charge in [0.15, 0.2) is 12.1 Å². The highest BCUT2D eigenvalue weighted by molar-refractivity contribution is 6.31. The Morgan fingerprint density at radius 3 is 2.39 bits per heavy atom. The third kappa shape index (κ3) is 6.16. The molecule has 1 saturated heterocycles. The van der Waals surface area contributed by atoms with E-state index >= 15 is 0 Å². The molecule has 0 saturated carbocycles. The van der Waals surface area contributed by atoms with E-state index in [1.807, 2.05) is 0 Å². The number of aliphatic hydroxyl groups excluding tert-OH is 1. The van der Waals surface area contributed by atoms with E-state index in [4.69, 9.17) is 19.9 Å². The minimum absolute atomic E-state index is 0. The van der Waals surface area contributed by atoms with Gasteiger partial charge in [0.05, 0.1) is 40.7 Å². The highest BCUT2D eigenvalue weighted by atomic mass is 35.5. The van der Waals surface area contributed by atoms with E-state index in [0.717, 1.165) is 0 Å². The lowest BCUT2D eigenvalue weighted by atomic mass is 9.72. The lowest BCUT2D eigenvalue weighted by Crippen LogP contribution is -2.52. The highest BCUT2D eigenvalue weighted by Crippen LogP contribution is 2.52. The number of hydrogen-bond donors (Lipinski definition) is 7. The Balaban J connectivity index is 0.00000480. The molecule has 250 valence electrons. The second kappa shape index (κ2) is 12.4. The second-order valence-corrected chi connectivity index (χ2v) is 12.7. The molecule has 0 radical (unpaired) electrons. The first-order chi connectivity index (χ1) is 20.9. The molecule has 1 fully saturated rings.